The zero-order valence-corrected chi connectivity index (χ0v) is 25.2. The van der Waals surface area contributed by atoms with Crippen LogP contribution in [0.3, 0.4) is 0 Å². The van der Waals surface area contributed by atoms with E-state index in [2.05, 4.69) is 0 Å². The Morgan fingerprint density at radius 3 is 2.67 bits per heavy atom. The van der Waals surface area contributed by atoms with E-state index < -0.39 is 17.7 Å². The highest BCUT2D eigenvalue weighted by Crippen LogP contribution is 2.46. The maximum atomic E-state index is 13.8. The second-order valence-electron chi connectivity index (χ2n) is 10.4. The summed E-state index contributed by atoms with van der Waals surface area (Å²) in [6.45, 7) is 6.76. The molecule has 0 aliphatic carbocycles. The number of aromatic nitrogens is 1. The second kappa shape index (κ2) is 11.6. The molecule has 0 spiro atoms. The van der Waals surface area contributed by atoms with Crippen LogP contribution in [0.5, 0.6) is 23.0 Å². The van der Waals surface area contributed by atoms with Crippen LogP contribution in [0.25, 0.3) is 16.0 Å². The summed E-state index contributed by atoms with van der Waals surface area (Å²) in [5, 5.41) is 12.0. The fraction of sp³-hybridized carbons (Fsp3) is 0.303. The smallest absolute Gasteiger partial charge is 0.301 e. The number of ketones is 1. The Morgan fingerprint density at radius 2 is 1.91 bits per heavy atom. The van der Waals surface area contributed by atoms with Crippen molar-refractivity contribution in [2.24, 2.45) is 0 Å². The van der Waals surface area contributed by atoms with Crippen molar-refractivity contribution in [3.05, 3.63) is 76.9 Å². The van der Waals surface area contributed by atoms with Gasteiger partial charge in [0.25, 0.3) is 5.78 Å². The van der Waals surface area contributed by atoms with Crippen molar-refractivity contribution in [3.8, 4) is 23.0 Å². The van der Waals surface area contributed by atoms with Gasteiger partial charge in [0, 0.05) is 12.0 Å². The summed E-state index contributed by atoms with van der Waals surface area (Å²) in [4.78, 5) is 33.6. The topological polar surface area (TPSA) is 107 Å². The number of hydrogen-bond acceptors (Lipinski definition) is 9. The van der Waals surface area contributed by atoms with Crippen molar-refractivity contribution in [2.75, 3.05) is 25.2 Å². The fourth-order valence-corrected chi connectivity index (χ4v) is 6.51. The van der Waals surface area contributed by atoms with Gasteiger partial charge in [0.15, 0.2) is 16.6 Å². The van der Waals surface area contributed by atoms with E-state index in [1.165, 1.54) is 16.2 Å². The minimum absolute atomic E-state index is 0.0149. The molecule has 2 atom stereocenters. The van der Waals surface area contributed by atoms with Crippen LogP contribution in [0.15, 0.2) is 60.2 Å². The van der Waals surface area contributed by atoms with E-state index in [-0.39, 0.29) is 17.4 Å². The lowest BCUT2D eigenvalue weighted by Gasteiger charge is -2.24. The average Bonchev–Trinajstić information content (AvgIpc) is 3.67. The highest BCUT2D eigenvalue weighted by atomic mass is 32.1. The van der Waals surface area contributed by atoms with Crippen LogP contribution in [0, 0.1) is 0 Å². The first-order valence-corrected chi connectivity index (χ1v) is 15.1. The Kier molecular flexibility index (Phi) is 7.70. The number of Topliss-reactive ketones (excluding diaryl/α,β-unsaturated/α-hetero) is 1. The van der Waals surface area contributed by atoms with E-state index in [4.69, 9.17) is 23.9 Å². The maximum Gasteiger partial charge on any atom is 0.301 e. The summed E-state index contributed by atoms with van der Waals surface area (Å²) < 4.78 is 23.8. The number of benzene rings is 3. The molecule has 0 saturated carbocycles. The SMILES string of the molecule is CCCOc1ccc([C@H]2C(=C(O)c3ccc4c(c3)C[C@@H](C)O4)C(=O)C(=O)N2c2nc3ccc(OC)cc3s2)cc1OCC. The van der Waals surface area contributed by atoms with Crippen LogP contribution in [-0.2, 0) is 16.0 Å². The lowest BCUT2D eigenvalue weighted by molar-refractivity contribution is -0.132. The van der Waals surface area contributed by atoms with Crippen molar-refractivity contribution < 1.29 is 33.6 Å². The summed E-state index contributed by atoms with van der Waals surface area (Å²) in [7, 11) is 1.58. The second-order valence-corrected chi connectivity index (χ2v) is 11.5. The highest BCUT2D eigenvalue weighted by Gasteiger charge is 2.48. The summed E-state index contributed by atoms with van der Waals surface area (Å²) in [5.41, 5.74) is 2.56. The Hall–Kier alpha value is -4.57. The van der Waals surface area contributed by atoms with Gasteiger partial charge in [-0.1, -0.05) is 24.3 Å². The van der Waals surface area contributed by atoms with Crippen molar-refractivity contribution in [3.63, 3.8) is 0 Å². The van der Waals surface area contributed by atoms with Crippen LogP contribution in [0.2, 0.25) is 0 Å². The number of ether oxygens (including phenoxy) is 4. The Morgan fingerprint density at radius 1 is 1.07 bits per heavy atom. The largest absolute Gasteiger partial charge is 0.507 e. The molecule has 10 heteroatoms. The van der Waals surface area contributed by atoms with Crippen LogP contribution in [0.4, 0.5) is 5.13 Å². The van der Waals surface area contributed by atoms with E-state index >= 15 is 0 Å². The van der Waals surface area contributed by atoms with Crippen molar-refractivity contribution in [1.82, 2.24) is 4.98 Å². The van der Waals surface area contributed by atoms with E-state index in [0.29, 0.717) is 58.7 Å². The first-order chi connectivity index (χ1) is 20.8. The molecule has 3 heterocycles. The molecule has 1 N–H and O–H groups in total. The molecular formula is C33H32N2O7S. The first-order valence-electron chi connectivity index (χ1n) is 14.3. The molecule has 43 heavy (non-hydrogen) atoms. The number of carbonyl (C=O) groups is 2. The van der Waals surface area contributed by atoms with Gasteiger partial charge in [-0.3, -0.25) is 14.5 Å². The number of anilines is 1. The number of nitrogens with zero attached hydrogens (tertiary/aromatic N) is 2. The quantitative estimate of drug-likeness (QED) is 0.133. The van der Waals surface area contributed by atoms with Crippen LogP contribution in [-0.4, -0.2) is 48.2 Å². The highest BCUT2D eigenvalue weighted by molar-refractivity contribution is 7.22. The maximum absolute atomic E-state index is 13.8. The van der Waals surface area contributed by atoms with Gasteiger partial charge >= 0.3 is 5.91 Å². The molecular weight excluding hydrogens is 568 g/mol. The summed E-state index contributed by atoms with van der Waals surface area (Å²) in [5.74, 6) is 0.602. The molecule has 0 radical (unpaired) electrons. The number of fused-ring (bicyclic) bond motifs is 2. The average molecular weight is 601 g/mol. The molecule has 2 aliphatic rings. The lowest BCUT2D eigenvalue weighted by Crippen LogP contribution is -2.29. The van der Waals surface area contributed by atoms with Crippen molar-refractivity contribution >= 4 is 44.1 Å². The predicted octanol–water partition coefficient (Wildman–Crippen LogP) is 6.44. The van der Waals surface area contributed by atoms with E-state index in [1.807, 2.05) is 32.9 Å². The number of amides is 1. The molecule has 1 fully saturated rings. The zero-order valence-electron chi connectivity index (χ0n) is 24.4. The first kappa shape index (κ1) is 28.5. The molecule has 9 nitrogen and oxygen atoms in total. The molecule has 4 aromatic rings. The van der Waals surface area contributed by atoms with Gasteiger partial charge in [-0.15, -0.1) is 0 Å². The fourth-order valence-electron chi connectivity index (χ4n) is 5.49. The standard InChI is InChI=1S/C33H32N2O7S/c1-5-13-41-25-12-7-19(16-26(25)40-6-2)29-28(30(36)20-8-11-24-21(15-20)14-18(3)42-24)31(37)32(38)35(29)33-34-23-10-9-22(39-4)17-27(23)43-33/h7-12,15-18,29,36H,5-6,13-14H2,1-4H3/t18-,29+/m1/s1. The monoisotopic (exact) mass is 600 g/mol. The van der Waals surface area contributed by atoms with E-state index in [9.17, 15) is 14.7 Å². The van der Waals surface area contributed by atoms with E-state index in [1.54, 1.807) is 49.6 Å². The minimum atomic E-state index is -0.967. The lowest BCUT2D eigenvalue weighted by atomic mass is 9.94. The van der Waals surface area contributed by atoms with Gasteiger partial charge in [-0.2, -0.15) is 0 Å². The Bertz CT molecular complexity index is 1760. The van der Waals surface area contributed by atoms with Gasteiger partial charge < -0.3 is 24.1 Å². The van der Waals surface area contributed by atoms with Gasteiger partial charge in [0.05, 0.1) is 42.2 Å². The normalized spacial score (nSPS) is 19.0. The molecule has 0 bridgehead atoms. The number of aliphatic hydroxyl groups is 1. The summed E-state index contributed by atoms with van der Waals surface area (Å²) in [6.07, 6.45) is 1.52. The molecule has 3 aromatic carbocycles. The third kappa shape index (κ3) is 5.16. The third-order valence-electron chi connectivity index (χ3n) is 7.45. The number of rotatable bonds is 9. The number of aliphatic hydroxyl groups excluding tert-OH is 1. The predicted molar refractivity (Wildman–Crippen MR) is 165 cm³/mol. The molecule has 2 aliphatic heterocycles. The Balaban J connectivity index is 1.53. The third-order valence-corrected chi connectivity index (χ3v) is 8.47. The molecule has 1 amide bonds. The molecule has 6 rings (SSSR count). The van der Waals surface area contributed by atoms with Gasteiger partial charge in [0.1, 0.15) is 23.4 Å². The Labute approximate surface area is 253 Å². The van der Waals surface area contributed by atoms with Gasteiger partial charge in [-0.25, -0.2) is 4.98 Å². The number of carbonyl (C=O) groups excluding carboxylic acids is 2. The molecule has 1 aromatic heterocycles. The summed E-state index contributed by atoms with van der Waals surface area (Å²) >= 11 is 1.27. The van der Waals surface area contributed by atoms with Crippen molar-refractivity contribution in [1.29, 1.82) is 0 Å². The molecule has 0 unspecified atom stereocenters. The van der Waals surface area contributed by atoms with Gasteiger partial charge in [-0.05, 0) is 79.9 Å². The van der Waals surface area contributed by atoms with Gasteiger partial charge in [0.2, 0.25) is 0 Å². The zero-order chi connectivity index (χ0) is 30.2. The molecule has 1 saturated heterocycles. The van der Waals surface area contributed by atoms with Crippen molar-refractivity contribution in [2.45, 2.75) is 45.8 Å². The number of hydrogen-bond donors (Lipinski definition) is 1. The number of thiazole rings is 1. The van der Waals surface area contributed by atoms with Crippen LogP contribution in [0.1, 0.15) is 49.9 Å². The van der Waals surface area contributed by atoms with Crippen LogP contribution >= 0.6 is 11.3 Å². The number of methoxy groups -OCH3 is 1. The van der Waals surface area contributed by atoms with E-state index in [0.717, 1.165) is 22.4 Å². The molecule has 222 valence electrons. The summed E-state index contributed by atoms with van der Waals surface area (Å²) in [6, 6.07) is 15.1. The van der Waals surface area contributed by atoms with Crippen LogP contribution < -0.4 is 23.8 Å². The minimum Gasteiger partial charge on any atom is -0.507 e.